The number of carbonyl (C=O) groups excluding carboxylic acids is 1. The van der Waals surface area contributed by atoms with Crippen LogP contribution in [0.4, 0.5) is 4.39 Å². The smallest absolute Gasteiger partial charge is 0.338 e. The van der Waals surface area contributed by atoms with E-state index < -0.39 is 5.97 Å². The van der Waals surface area contributed by atoms with Crippen molar-refractivity contribution in [3.05, 3.63) is 120 Å². The SMILES string of the molecule is COC(=O)c1ccc(-c2ccc(F)cc2)cc1/C=C/c1cccc(-c2ccccc2)c1. The summed E-state index contributed by atoms with van der Waals surface area (Å²) in [5.74, 6) is -0.684. The lowest BCUT2D eigenvalue weighted by molar-refractivity contribution is 0.0600. The number of benzene rings is 4. The highest BCUT2D eigenvalue weighted by atomic mass is 19.1. The molecular formula is C28H21FO2. The van der Waals surface area contributed by atoms with Gasteiger partial charge in [-0.25, -0.2) is 9.18 Å². The van der Waals surface area contributed by atoms with Crippen LogP contribution in [0.25, 0.3) is 34.4 Å². The molecule has 2 nitrogen and oxygen atoms in total. The second-order valence-corrected chi connectivity index (χ2v) is 7.13. The van der Waals surface area contributed by atoms with Crippen molar-refractivity contribution in [1.82, 2.24) is 0 Å². The number of rotatable bonds is 5. The average molecular weight is 408 g/mol. The van der Waals surface area contributed by atoms with Crippen LogP contribution in [0, 0.1) is 5.82 Å². The van der Waals surface area contributed by atoms with Gasteiger partial charge in [-0.05, 0) is 63.7 Å². The molecule has 0 spiro atoms. The van der Waals surface area contributed by atoms with Gasteiger partial charge in [0.2, 0.25) is 0 Å². The van der Waals surface area contributed by atoms with Crippen molar-refractivity contribution in [2.45, 2.75) is 0 Å². The van der Waals surface area contributed by atoms with E-state index in [-0.39, 0.29) is 5.82 Å². The van der Waals surface area contributed by atoms with Crippen LogP contribution >= 0.6 is 0 Å². The van der Waals surface area contributed by atoms with E-state index in [0.29, 0.717) is 5.56 Å². The summed E-state index contributed by atoms with van der Waals surface area (Å²) in [5, 5.41) is 0. The van der Waals surface area contributed by atoms with E-state index in [1.165, 1.54) is 19.2 Å². The Hall–Kier alpha value is -3.98. The summed E-state index contributed by atoms with van der Waals surface area (Å²) in [5.41, 5.74) is 6.26. The van der Waals surface area contributed by atoms with Gasteiger partial charge in [0.05, 0.1) is 12.7 Å². The van der Waals surface area contributed by atoms with E-state index in [9.17, 15) is 9.18 Å². The first kappa shape index (κ1) is 20.3. The minimum absolute atomic E-state index is 0.284. The van der Waals surface area contributed by atoms with Crippen LogP contribution in [0.1, 0.15) is 21.5 Å². The molecule has 0 aliphatic carbocycles. The first-order valence-electron chi connectivity index (χ1n) is 9.96. The highest BCUT2D eigenvalue weighted by Gasteiger charge is 2.11. The van der Waals surface area contributed by atoms with Gasteiger partial charge >= 0.3 is 5.97 Å². The zero-order chi connectivity index (χ0) is 21.6. The largest absolute Gasteiger partial charge is 0.465 e. The molecule has 0 fully saturated rings. The van der Waals surface area contributed by atoms with Gasteiger partial charge < -0.3 is 4.74 Å². The normalized spacial score (nSPS) is 10.9. The summed E-state index contributed by atoms with van der Waals surface area (Å²) >= 11 is 0. The lowest BCUT2D eigenvalue weighted by Gasteiger charge is -2.09. The number of esters is 1. The fourth-order valence-electron chi connectivity index (χ4n) is 3.46. The first-order valence-corrected chi connectivity index (χ1v) is 9.96. The molecular weight excluding hydrogens is 387 g/mol. The minimum atomic E-state index is -0.400. The monoisotopic (exact) mass is 408 g/mol. The Morgan fingerprint density at radius 1 is 0.710 bits per heavy atom. The van der Waals surface area contributed by atoms with E-state index in [1.807, 2.05) is 54.6 Å². The van der Waals surface area contributed by atoms with Gasteiger partial charge in [0, 0.05) is 0 Å². The predicted molar refractivity (Wildman–Crippen MR) is 124 cm³/mol. The van der Waals surface area contributed by atoms with Gasteiger partial charge in [-0.2, -0.15) is 0 Å². The van der Waals surface area contributed by atoms with Crippen molar-refractivity contribution in [3.8, 4) is 22.3 Å². The molecule has 4 aromatic carbocycles. The van der Waals surface area contributed by atoms with Crippen molar-refractivity contribution < 1.29 is 13.9 Å². The van der Waals surface area contributed by atoms with Gasteiger partial charge in [-0.3, -0.25) is 0 Å². The zero-order valence-electron chi connectivity index (χ0n) is 17.1. The highest BCUT2D eigenvalue weighted by molar-refractivity contribution is 5.96. The molecule has 0 heterocycles. The van der Waals surface area contributed by atoms with Gasteiger partial charge in [-0.1, -0.05) is 78.9 Å². The Labute approximate surface area is 181 Å². The van der Waals surface area contributed by atoms with Crippen LogP contribution in [0.15, 0.2) is 97.1 Å². The van der Waals surface area contributed by atoms with Gasteiger partial charge in [-0.15, -0.1) is 0 Å². The molecule has 0 atom stereocenters. The van der Waals surface area contributed by atoms with Gasteiger partial charge in [0.25, 0.3) is 0 Å². The molecule has 0 aromatic heterocycles. The van der Waals surface area contributed by atoms with Crippen LogP contribution in [0.2, 0.25) is 0 Å². The Morgan fingerprint density at radius 3 is 2.10 bits per heavy atom. The third kappa shape index (κ3) is 4.78. The molecule has 0 radical (unpaired) electrons. The van der Waals surface area contributed by atoms with Crippen LogP contribution < -0.4 is 0 Å². The van der Waals surface area contributed by atoms with Crippen LogP contribution in [-0.2, 0) is 4.74 Å². The minimum Gasteiger partial charge on any atom is -0.465 e. The molecule has 4 aromatic rings. The second-order valence-electron chi connectivity index (χ2n) is 7.13. The van der Waals surface area contributed by atoms with E-state index in [0.717, 1.165) is 33.4 Å². The maximum Gasteiger partial charge on any atom is 0.338 e. The molecule has 0 saturated carbocycles. The number of ether oxygens (including phenoxy) is 1. The lowest BCUT2D eigenvalue weighted by atomic mass is 9.97. The Bertz CT molecular complexity index is 1230. The summed E-state index contributed by atoms with van der Waals surface area (Å²) in [4.78, 5) is 12.3. The quantitative estimate of drug-likeness (QED) is 0.260. The summed E-state index contributed by atoms with van der Waals surface area (Å²) in [6, 6.07) is 30.2. The maximum atomic E-state index is 13.3. The highest BCUT2D eigenvalue weighted by Crippen LogP contribution is 2.26. The molecule has 0 aliphatic rings. The van der Waals surface area contributed by atoms with E-state index >= 15 is 0 Å². The third-order valence-corrected chi connectivity index (χ3v) is 5.08. The number of halogens is 1. The second kappa shape index (κ2) is 9.23. The molecule has 4 rings (SSSR count). The van der Waals surface area contributed by atoms with Crippen LogP contribution in [0.3, 0.4) is 0 Å². The number of carbonyl (C=O) groups is 1. The third-order valence-electron chi connectivity index (χ3n) is 5.08. The van der Waals surface area contributed by atoms with E-state index in [2.05, 4.69) is 24.3 Å². The fourth-order valence-corrected chi connectivity index (χ4v) is 3.46. The first-order chi connectivity index (χ1) is 15.1. The van der Waals surface area contributed by atoms with Crippen molar-refractivity contribution in [3.63, 3.8) is 0 Å². The molecule has 31 heavy (non-hydrogen) atoms. The Morgan fingerprint density at radius 2 is 1.35 bits per heavy atom. The Kier molecular flexibility index (Phi) is 6.04. The molecule has 0 unspecified atom stereocenters. The fraction of sp³-hybridized carbons (Fsp3) is 0.0357. The number of methoxy groups -OCH3 is 1. The van der Waals surface area contributed by atoms with E-state index in [1.54, 1.807) is 18.2 Å². The Balaban J connectivity index is 1.71. The van der Waals surface area contributed by atoms with Crippen LogP contribution in [-0.4, -0.2) is 13.1 Å². The molecule has 0 saturated heterocycles. The molecule has 0 bridgehead atoms. The molecule has 3 heteroatoms. The molecule has 0 aliphatic heterocycles. The maximum absolute atomic E-state index is 13.3. The van der Waals surface area contributed by atoms with E-state index in [4.69, 9.17) is 4.74 Å². The van der Waals surface area contributed by atoms with Crippen molar-refractivity contribution in [1.29, 1.82) is 0 Å². The number of hydrogen-bond donors (Lipinski definition) is 0. The van der Waals surface area contributed by atoms with Gasteiger partial charge in [0.1, 0.15) is 5.82 Å². The summed E-state index contributed by atoms with van der Waals surface area (Å²) in [6.07, 6.45) is 3.88. The summed E-state index contributed by atoms with van der Waals surface area (Å²) < 4.78 is 18.2. The molecule has 152 valence electrons. The van der Waals surface area contributed by atoms with Crippen molar-refractivity contribution in [2.75, 3.05) is 7.11 Å². The predicted octanol–water partition coefficient (Wildman–Crippen LogP) is 7.12. The van der Waals surface area contributed by atoms with Gasteiger partial charge in [0.15, 0.2) is 0 Å². The van der Waals surface area contributed by atoms with Crippen molar-refractivity contribution in [2.24, 2.45) is 0 Å². The molecule has 0 N–H and O–H groups in total. The molecule has 0 amide bonds. The van der Waals surface area contributed by atoms with Crippen LogP contribution in [0.5, 0.6) is 0 Å². The summed E-state index contributed by atoms with van der Waals surface area (Å²) in [7, 11) is 1.37. The average Bonchev–Trinajstić information content (AvgIpc) is 2.83. The topological polar surface area (TPSA) is 26.3 Å². The van der Waals surface area contributed by atoms with Crippen molar-refractivity contribution >= 4 is 18.1 Å². The lowest BCUT2D eigenvalue weighted by Crippen LogP contribution is -2.03. The number of hydrogen-bond acceptors (Lipinski definition) is 2. The standard InChI is InChI=1S/C28H21FO2/c1-31-28(30)27-17-14-24(22-12-15-26(29)16-13-22)19-25(27)11-10-20-6-5-9-23(18-20)21-7-3-2-4-8-21/h2-19H,1H3/b11-10+. The zero-order valence-corrected chi connectivity index (χ0v) is 17.1. The summed E-state index contributed by atoms with van der Waals surface area (Å²) in [6.45, 7) is 0.